The van der Waals surface area contributed by atoms with E-state index in [2.05, 4.69) is 16.0 Å². The fourth-order valence-electron chi connectivity index (χ4n) is 2.46. The lowest BCUT2D eigenvalue weighted by Crippen LogP contribution is -2.54. The first-order valence-corrected chi connectivity index (χ1v) is 8.85. The van der Waals surface area contributed by atoms with Gasteiger partial charge >= 0.3 is 0 Å². The second kappa shape index (κ2) is 9.56. The van der Waals surface area contributed by atoms with Gasteiger partial charge in [0.1, 0.15) is 12.1 Å². The van der Waals surface area contributed by atoms with Gasteiger partial charge in [-0.25, -0.2) is 0 Å². The van der Waals surface area contributed by atoms with Gasteiger partial charge in [0.2, 0.25) is 11.8 Å². The van der Waals surface area contributed by atoms with Crippen LogP contribution in [-0.2, 0) is 16.1 Å². The number of carbonyl (C=O) groups is 3. The molecule has 1 heterocycles. The van der Waals surface area contributed by atoms with Crippen LogP contribution in [0, 0.1) is 5.92 Å². The van der Waals surface area contributed by atoms with Crippen LogP contribution in [-0.4, -0.2) is 29.8 Å². The summed E-state index contributed by atoms with van der Waals surface area (Å²) in [6, 6.07) is 11.1. The topological polar surface area (TPSA) is 100 Å². The molecule has 0 aliphatic heterocycles. The van der Waals surface area contributed by atoms with E-state index in [0.717, 1.165) is 5.56 Å². The Morgan fingerprint density at radius 2 is 1.63 bits per heavy atom. The number of hydrogen-bond acceptors (Lipinski definition) is 4. The van der Waals surface area contributed by atoms with Crippen molar-refractivity contribution in [1.82, 2.24) is 16.0 Å². The summed E-state index contributed by atoms with van der Waals surface area (Å²) >= 11 is 0. The molecule has 0 saturated carbocycles. The van der Waals surface area contributed by atoms with Crippen LogP contribution in [0.2, 0.25) is 0 Å². The number of furan rings is 1. The maximum atomic E-state index is 12.5. The fourth-order valence-corrected chi connectivity index (χ4v) is 2.46. The van der Waals surface area contributed by atoms with Crippen molar-refractivity contribution in [2.75, 3.05) is 0 Å². The third-order valence-corrected chi connectivity index (χ3v) is 4.04. The number of hydrogen-bond donors (Lipinski definition) is 3. The van der Waals surface area contributed by atoms with Crippen molar-refractivity contribution in [1.29, 1.82) is 0 Å². The minimum Gasteiger partial charge on any atom is -0.459 e. The summed E-state index contributed by atoms with van der Waals surface area (Å²) in [5, 5.41) is 8.08. The highest BCUT2D eigenvalue weighted by atomic mass is 16.3. The third kappa shape index (κ3) is 5.99. The number of nitrogens with one attached hydrogen (secondary N) is 3. The quantitative estimate of drug-likeness (QED) is 0.659. The molecule has 0 aliphatic rings. The number of rotatable bonds is 8. The van der Waals surface area contributed by atoms with Crippen molar-refractivity contribution in [3.63, 3.8) is 0 Å². The van der Waals surface area contributed by atoms with Crippen molar-refractivity contribution in [3.05, 3.63) is 60.1 Å². The van der Waals surface area contributed by atoms with Crippen molar-refractivity contribution < 1.29 is 18.8 Å². The van der Waals surface area contributed by atoms with Crippen LogP contribution in [0.25, 0.3) is 0 Å². The van der Waals surface area contributed by atoms with Crippen molar-refractivity contribution in [2.24, 2.45) is 5.92 Å². The molecule has 1 aromatic heterocycles. The number of amides is 3. The van der Waals surface area contributed by atoms with Gasteiger partial charge in [-0.15, -0.1) is 0 Å². The average molecular weight is 371 g/mol. The molecule has 1 aromatic carbocycles. The fraction of sp³-hybridized carbons (Fsp3) is 0.350. The van der Waals surface area contributed by atoms with Gasteiger partial charge in [-0.3, -0.25) is 14.4 Å². The molecule has 3 N–H and O–H groups in total. The molecule has 0 spiro atoms. The minimum absolute atomic E-state index is 0.127. The Labute approximate surface area is 158 Å². The van der Waals surface area contributed by atoms with Crippen LogP contribution in [0.5, 0.6) is 0 Å². The van der Waals surface area contributed by atoms with Gasteiger partial charge in [-0.2, -0.15) is 0 Å². The van der Waals surface area contributed by atoms with Crippen molar-refractivity contribution in [2.45, 2.75) is 39.4 Å². The Bertz CT molecular complexity index is 757. The summed E-state index contributed by atoms with van der Waals surface area (Å²) in [4.78, 5) is 36.9. The van der Waals surface area contributed by atoms with Crippen LogP contribution in [0.1, 0.15) is 36.9 Å². The van der Waals surface area contributed by atoms with E-state index in [1.54, 1.807) is 13.0 Å². The van der Waals surface area contributed by atoms with E-state index in [1.165, 1.54) is 12.3 Å². The maximum absolute atomic E-state index is 12.5. The summed E-state index contributed by atoms with van der Waals surface area (Å²) < 4.78 is 5.04. The molecule has 7 nitrogen and oxygen atoms in total. The molecular weight excluding hydrogens is 346 g/mol. The molecule has 2 aromatic rings. The van der Waals surface area contributed by atoms with E-state index in [-0.39, 0.29) is 17.6 Å². The largest absolute Gasteiger partial charge is 0.459 e. The van der Waals surface area contributed by atoms with E-state index in [4.69, 9.17) is 4.42 Å². The van der Waals surface area contributed by atoms with E-state index < -0.39 is 23.9 Å². The van der Waals surface area contributed by atoms with Gasteiger partial charge in [0.25, 0.3) is 5.91 Å². The standard InChI is InChI=1S/C20H25N3O4/c1-13(2)17(23-19(25)16-10-7-11-27-16)20(26)22-14(3)18(24)21-12-15-8-5-4-6-9-15/h4-11,13-14,17H,12H2,1-3H3,(H,21,24)(H,22,26)(H,23,25). The Hall–Kier alpha value is -3.09. The van der Waals surface area contributed by atoms with Crippen molar-refractivity contribution in [3.8, 4) is 0 Å². The highest BCUT2D eigenvalue weighted by Gasteiger charge is 2.27. The molecule has 0 aliphatic carbocycles. The molecular formula is C20H25N3O4. The summed E-state index contributed by atoms with van der Waals surface area (Å²) in [7, 11) is 0. The first kappa shape index (κ1) is 20.2. The summed E-state index contributed by atoms with van der Waals surface area (Å²) in [6.45, 7) is 5.60. The average Bonchev–Trinajstić information content (AvgIpc) is 3.19. The first-order valence-electron chi connectivity index (χ1n) is 8.85. The first-order chi connectivity index (χ1) is 12.9. The monoisotopic (exact) mass is 371 g/mol. The van der Waals surface area contributed by atoms with Crippen LogP contribution in [0.3, 0.4) is 0 Å². The lowest BCUT2D eigenvalue weighted by molar-refractivity contribution is -0.130. The smallest absolute Gasteiger partial charge is 0.287 e. The van der Waals surface area contributed by atoms with E-state index >= 15 is 0 Å². The van der Waals surface area contributed by atoms with Crippen LogP contribution in [0.15, 0.2) is 53.1 Å². The minimum atomic E-state index is -0.785. The van der Waals surface area contributed by atoms with Crippen LogP contribution >= 0.6 is 0 Å². The Morgan fingerprint density at radius 3 is 2.22 bits per heavy atom. The molecule has 0 saturated heterocycles. The zero-order valence-corrected chi connectivity index (χ0v) is 15.7. The van der Waals surface area contributed by atoms with Gasteiger partial charge in [-0.1, -0.05) is 44.2 Å². The zero-order valence-electron chi connectivity index (χ0n) is 15.7. The Balaban J connectivity index is 1.89. The molecule has 144 valence electrons. The van der Waals surface area contributed by atoms with Crippen LogP contribution < -0.4 is 16.0 Å². The highest BCUT2D eigenvalue weighted by Crippen LogP contribution is 2.06. The summed E-state index contributed by atoms with van der Waals surface area (Å²) in [5.74, 6) is -1.24. The lowest BCUT2D eigenvalue weighted by Gasteiger charge is -2.23. The predicted molar refractivity (Wildman–Crippen MR) is 101 cm³/mol. The molecule has 2 rings (SSSR count). The number of carbonyl (C=O) groups excluding carboxylic acids is 3. The second-order valence-electron chi connectivity index (χ2n) is 6.61. The van der Waals surface area contributed by atoms with Gasteiger partial charge in [0, 0.05) is 6.54 Å². The normalized spacial score (nSPS) is 12.9. The Kier molecular flexibility index (Phi) is 7.16. The van der Waals surface area contributed by atoms with E-state index in [9.17, 15) is 14.4 Å². The molecule has 2 atom stereocenters. The van der Waals surface area contributed by atoms with E-state index in [0.29, 0.717) is 6.54 Å². The molecule has 2 unspecified atom stereocenters. The second-order valence-corrected chi connectivity index (χ2v) is 6.61. The van der Waals surface area contributed by atoms with Crippen molar-refractivity contribution >= 4 is 17.7 Å². The van der Waals surface area contributed by atoms with Gasteiger partial charge < -0.3 is 20.4 Å². The Morgan fingerprint density at radius 1 is 0.926 bits per heavy atom. The van der Waals surface area contributed by atoms with Gasteiger partial charge in [0.05, 0.1) is 6.26 Å². The SMILES string of the molecule is CC(NC(=O)C(NC(=O)c1ccco1)C(C)C)C(=O)NCc1ccccc1. The zero-order chi connectivity index (χ0) is 19.8. The molecule has 0 radical (unpaired) electrons. The summed E-state index contributed by atoms with van der Waals surface area (Å²) in [5.41, 5.74) is 0.968. The van der Waals surface area contributed by atoms with Crippen LogP contribution in [0.4, 0.5) is 0 Å². The van der Waals surface area contributed by atoms with E-state index in [1.807, 2.05) is 44.2 Å². The molecule has 3 amide bonds. The highest BCUT2D eigenvalue weighted by molar-refractivity contribution is 5.96. The lowest BCUT2D eigenvalue weighted by atomic mass is 10.0. The molecule has 0 bridgehead atoms. The van der Waals surface area contributed by atoms with Gasteiger partial charge in [0.15, 0.2) is 5.76 Å². The summed E-state index contributed by atoms with van der Waals surface area (Å²) in [6.07, 6.45) is 1.39. The van der Waals surface area contributed by atoms with Gasteiger partial charge in [-0.05, 0) is 30.5 Å². The third-order valence-electron chi connectivity index (χ3n) is 4.04. The molecule has 27 heavy (non-hydrogen) atoms. The maximum Gasteiger partial charge on any atom is 0.287 e. The molecule has 7 heteroatoms. The predicted octanol–water partition coefficient (Wildman–Crippen LogP) is 1.86. The number of benzene rings is 1. The molecule has 0 fully saturated rings.